The summed E-state index contributed by atoms with van der Waals surface area (Å²) in [5.74, 6) is 0.395. The predicted octanol–water partition coefficient (Wildman–Crippen LogP) is 2.14. The Morgan fingerprint density at radius 1 is 1.39 bits per heavy atom. The summed E-state index contributed by atoms with van der Waals surface area (Å²) in [6, 6.07) is 7.40. The second-order valence-electron chi connectivity index (χ2n) is 6.42. The summed E-state index contributed by atoms with van der Waals surface area (Å²) in [5.41, 5.74) is 1.02. The van der Waals surface area contributed by atoms with Crippen LogP contribution in [0.2, 0.25) is 0 Å². The normalized spacial score (nSPS) is 20.2. The Morgan fingerprint density at radius 3 is 2.70 bits per heavy atom. The van der Waals surface area contributed by atoms with E-state index in [0.29, 0.717) is 6.42 Å². The van der Waals surface area contributed by atoms with Crippen LogP contribution in [0.15, 0.2) is 36.4 Å². The van der Waals surface area contributed by atoms with Crippen molar-refractivity contribution in [2.24, 2.45) is 0 Å². The van der Waals surface area contributed by atoms with Gasteiger partial charge < -0.3 is 9.47 Å². The lowest BCUT2D eigenvalue weighted by atomic mass is 10.0. The lowest BCUT2D eigenvalue weighted by molar-refractivity contribution is -0.139. The molecular formula is C17H23NO4S. The first kappa shape index (κ1) is 17.7. The summed E-state index contributed by atoms with van der Waals surface area (Å²) in [4.78, 5) is 11.4. The zero-order chi connectivity index (χ0) is 17.0. The molecule has 1 aromatic rings. The van der Waals surface area contributed by atoms with E-state index in [2.05, 4.69) is 4.72 Å². The molecular weight excluding hydrogens is 314 g/mol. The monoisotopic (exact) mass is 337 g/mol. The van der Waals surface area contributed by atoms with Crippen molar-refractivity contribution in [3.8, 4) is 5.75 Å². The van der Waals surface area contributed by atoms with Crippen LogP contribution in [0.4, 0.5) is 0 Å². The van der Waals surface area contributed by atoms with Gasteiger partial charge in [0.1, 0.15) is 11.9 Å². The Balaban J connectivity index is 2.17. The van der Waals surface area contributed by atoms with Gasteiger partial charge in [0.05, 0.1) is 28.9 Å². The van der Waals surface area contributed by atoms with Crippen LogP contribution < -0.4 is 9.46 Å². The molecule has 0 bridgehead atoms. The van der Waals surface area contributed by atoms with Crippen LogP contribution in [0.3, 0.4) is 0 Å². The van der Waals surface area contributed by atoms with Crippen molar-refractivity contribution in [1.82, 2.24) is 4.72 Å². The van der Waals surface area contributed by atoms with Gasteiger partial charge in [-0.25, -0.2) is 13.7 Å². The smallest absolute Gasteiger partial charge is 0.331 e. The molecule has 0 radical (unpaired) electrons. The largest absolute Gasteiger partial charge is 0.497 e. The molecule has 6 heteroatoms. The van der Waals surface area contributed by atoms with Crippen molar-refractivity contribution >= 4 is 17.0 Å². The van der Waals surface area contributed by atoms with Gasteiger partial charge in [-0.1, -0.05) is 12.1 Å². The molecule has 1 aliphatic rings. The van der Waals surface area contributed by atoms with Crippen LogP contribution in [0, 0.1) is 0 Å². The maximum Gasteiger partial charge on any atom is 0.331 e. The second-order valence-corrected chi connectivity index (χ2v) is 8.42. The summed E-state index contributed by atoms with van der Waals surface area (Å²) in [6.07, 6.45) is 3.26. The number of nitrogens with one attached hydrogen (secondary N) is 1. The number of hydrogen-bond acceptors (Lipinski definition) is 4. The first-order valence-corrected chi connectivity index (χ1v) is 8.64. The molecule has 0 amide bonds. The van der Waals surface area contributed by atoms with Gasteiger partial charge in [0.15, 0.2) is 0 Å². The Bertz CT molecular complexity index is 621. The zero-order valence-electron chi connectivity index (χ0n) is 13.9. The maximum absolute atomic E-state index is 12.4. The zero-order valence-corrected chi connectivity index (χ0v) is 14.7. The summed E-state index contributed by atoms with van der Waals surface area (Å²) in [7, 11) is 0.354. The summed E-state index contributed by atoms with van der Waals surface area (Å²) >= 11 is 0. The van der Waals surface area contributed by atoms with E-state index in [0.717, 1.165) is 11.3 Å². The Kier molecular flexibility index (Phi) is 5.59. The first-order valence-electron chi connectivity index (χ1n) is 7.49. The van der Waals surface area contributed by atoms with Gasteiger partial charge in [0.25, 0.3) is 0 Å². The number of cyclic esters (lactones) is 1. The molecule has 1 unspecified atom stereocenters. The van der Waals surface area contributed by atoms with Crippen molar-refractivity contribution in [2.75, 3.05) is 7.11 Å². The molecule has 0 aromatic heterocycles. The molecule has 0 fully saturated rings. The topological polar surface area (TPSA) is 64.6 Å². The SMILES string of the molecule is COc1cccc(C[C@@H](NS(=O)C(C)(C)C)[C@@H]2C=CC(=O)O2)c1. The van der Waals surface area contributed by atoms with Crippen LogP contribution in [0.25, 0.3) is 0 Å². The molecule has 0 saturated carbocycles. The van der Waals surface area contributed by atoms with E-state index in [4.69, 9.17) is 9.47 Å². The number of carbonyl (C=O) groups excluding carboxylic acids is 1. The molecule has 2 rings (SSSR count). The van der Waals surface area contributed by atoms with Crippen molar-refractivity contribution in [3.63, 3.8) is 0 Å². The fourth-order valence-corrected chi connectivity index (χ4v) is 3.04. The third-order valence-corrected chi connectivity index (χ3v) is 5.10. The molecule has 23 heavy (non-hydrogen) atoms. The highest BCUT2D eigenvalue weighted by Crippen LogP contribution is 2.20. The maximum atomic E-state index is 12.4. The van der Waals surface area contributed by atoms with Gasteiger partial charge in [-0.2, -0.15) is 0 Å². The van der Waals surface area contributed by atoms with E-state index in [9.17, 15) is 9.00 Å². The average Bonchev–Trinajstić information content (AvgIpc) is 2.92. The fraction of sp³-hybridized carbons (Fsp3) is 0.471. The number of benzene rings is 1. The molecule has 1 N–H and O–H groups in total. The molecule has 0 aliphatic carbocycles. The Labute approximate surface area is 139 Å². The lowest BCUT2D eigenvalue weighted by Crippen LogP contribution is -2.46. The second kappa shape index (κ2) is 7.27. The standard InChI is InChI=1S/C17H23NO4S/c1-17(2,3)23(20)18-14(15-8-9-16(19)22-15)11-12-6-5-7-13(10-12)21-4/h5-10,14-15,18H,11H2,1-4H3/t14-,15+,23?/m1/s1. The van der Waals surface area contributed by atoms with Crippen LogP contribution in [0.1, 0.15) is 26.3 Å². The third kappa shape index (κ3) is 4.91. The number of esters is 1. The van der Waals surface area contributed by atoms with Crippen LogP contribution in [-0.2, 0) is 26.9 Å². The van der Waals surface area contributed by atoms with Gasteiger partial charge in [0, 0.05) is 6.08 Å². The van der Waals surface area contributed by atoms with Crippen molar-refractivity contribution in [2.45, 2.75) is 44.1 Å². The summed E-state index contributed by atoms with van der Waals surface area (Å²) < 4.78 is 25.7. The third-order valence-electron chi connectivity index (χ3n) is 3.48. The minimum Gasteiger partial charge on any atom is -0.497 e. The minimum atomic E-state index is -1.26. The highest BCUT2D eigenvalue weighted by Gasteiger charge is 2.31. The minimum absolute atomic E-state index is 0.273. The highest BCUT2D eigenvalue weighted by molar-refractivity contribution is 7.84. The predicted molar refractivity (Wildman–Crippen MR) is 90.5 cm³/mol. The van der Waals surface area contributed by atoms with E-state index in [-0.39, 0.29) is 12.0 Å². The Morgan fingerprint density at radius 2 is 2.13 bits per heavy atom. The summed E-state index contributed by atoms with van der Waals surface area (Å²) in [5, 5.41) is 0. The van der Waals surface area contributed by atoms with Crippen LogP contribution in [-0.4, -0.2) is 34.2 Å². The van der Waals surface area contributed by atoms with Gasteiger partial charge in [-0.3, -0.25) is 0 Å². The average molecular weight is 337 g/mol. The molecule has 0 saturated heterocycles. The Hall–Kier alpha value is -1.66. The molecule has 0 spiro atoms. The molecule has 1 heterocycles. The van der Waals surface area contributed by atoms with E-state index >= 15 is 0 Å². The molecule has 5 nitrogen and oxygen atoms in total. The van der Waals surface area contributed by atoms with Gasteiger partial charge in [-0.05, 0) is 51.0 Å². The van der Waals surface area contributed by atoms with Gasteiger partial charge in [0.2, 0.25) is 0 Å². The van der Waals surface area contributed by atoms with Crippen LogP contribution in [0.5, 0.6) is 5.75 Å². The van der Waals surface area contributed by atoms with Gasteiger partial charge >= 0.3 is 5.97 Å². The number of hydrogen-bond donors (Lipinski definition) is 1. The number of rotatable bonds is 6. The summed E-state index contributed by atoms with van der Waals surface area (Å²) in [6.45, 7) is 5.69. The lowest BCUT2D eigenvalue weighted by Gasteiger charge is -2.27. The fourth-order valence-electron chi connectivity index (χ4n) is 2.19. The molecule has 126 valence electrons. The van der Waals surface area contributed by atoms with Crippen molar-refractivity contribution in [1.29, 1.82) is 0 Å². The highest BCUT2D eigenvalue weighted by atomic mass is 32.2. The van der Waals surface area contributed by atoms with Gasteiger partial charge in [-0.15, -0.1) is 0 Å². The molecule has 1 aromatic carbocycles. The van der Waals surface area contributed by atoms with Crippen LogP contribution >= 0.6 is 0 Å². The van der Waals surface area contributed by atoms with Crippen molar-refractivity contribution < 1.29 is 18.5 Å². The van der Waals surface area contributed by atoms with E-state index in [1.54, 1.807) is 13.2 Å². The number of ether oxygens (including phenoxy) is 2. The molecule has 3 atom stereocenters. The van der Waals surface area contributed by atoms with E-state index < -0.39 is 21.8 Å². The van der Waals surface area contributed by atoms with E-state index in [1.165, 1.54) is 6.08 Å². The first-order chi connectivity index (χ1) is 10.8. The number of methoxy groups -OCH3 is 1. The quantitative estimate of drug-likeness (QED) is 0.808. The van der Waals surface area contributed by atoms with E-state index in [1.807, 2.05) is 45.0 Å². The molecule has 1 aliphatic heterocycles. The number of carbonyl (C=O) groups is 1. The van der Waals surface area contributed by atoms with Crippen molar-refractivity contribution in [3.05, 3.63) is 42.0 Å².